The molecule has 3 aromatic rings. The van der Waals surface area contributed by atoms with Gasteiger partial charge >= 0.3 is 0 Å². The van der Waals surface area contributed by atoms with Crippen molar-refractivity contribution in [1.82, 2.24) is 9.97 Å². The van der Waals surface area contributed by atoms with E-state index in [1.54, 1.807) is 23.2 Å². The lowest BCUT2D eigenvalue weighted by Gasteiger charge is -2.29. The molecule has 2 heterocycles. The van der Waals surface area contributed by atoms with Crippen molar-refractivity contribution in [2.75, 3.05) is 28.7 Å². The van der Waals surface area contributed by atoms with E-state index in [1.165, 1.54) is 12.1 Å². The first-order valence-corrected chi connectivity index (χ1v) is 11.9. The van der Waals surface area contributed by atoms with Gasteiger partial charge in [-0.3, -0.25) is 4.79 Å². The summed E-state index contributed by atoms with van der Waals surface area (Å²) < 4.78 is 28.4. The molecule has 11 heteroatoms. The summed E-state index contributed by atoms with van der Waals surface area (Å²) in [5.41, 5.74) is 2.90. The van der Waals surface area contributed by atoms with Crippen LogP contribution in [0.1, 0.15) is 18.9 Å². The third kappa shape index (κ3) is 5.04. The van der Waals surface area contributed by atoms with Crippen LogP contribution in [0.15, 0.2) is 53.6 Å². The molecule has 0 fully saturated rings. The van der Waals surface area contributed by atoms with Crippen LogP contribution in [0, 0.1) is 6.92 Å². The Hall–Kier alpha value is -3.70. The average Bonchev–Trinajstić information content (AvgIpc) is 2.78. The number of carbonyl (C=O) groups is 1. The lowest BCUT2D eigenvalue weighted by Crippen LogP contribution is -2.39. The standard InChI is InChI=1S/C22H24N6O4S/c1-3-10-28-18-11-16(6-9-19(18)32-13-20(28)29)25-21-14(2)12-24-22(27-21)26-15-4-7-17(8-5-15)33(23,30)31/h4-9,11-12H,3,10,13H2,1-2H3,(H2,23,30,31)(H2,24,25,26,27). The molecule has 1 aromatic heterocycles. The highest BCUT2D eigenvalue weighted by atomic mass is 32.2. The van der Waals surface area contributed by atoms with Crippen molar-refractivity contribution in [3.05, 3.63) is 54.2 Å². The number of anilines is 5. The Balaban J connectivity index is 1.56. The maximum Gasteiger partial charge on any atom is 0.265 e. The minimum Gasteiger partial charge on any atom is -0.482 e. The Morgan fingerprint density at radius 3 is 2.55 bits per heavy atom. The fraction of sp³-hybridized carbons (Fsp3) is 0.227. The average molecular weight is 469 g/mol. The van der Waals surface area contributed by atoms with Crippen LogP contribution in [0.2, 0.25) is 0 Å². The summed E-state index contributed by atoms with van der Waals surface area (Å²) in [6.07, 6.45) is 2.51. The molecule has 10 nitrogen and oxygen atoms in total. The van der Waals surface area contributed by atoms with Crippen molar-refractivity contribution in [1.29, 1.82) is 0 Å². The largest absolute Gasteiger partial charge is 0.482 e. The van der Waals surface area contributed by atoms with Gasteiger partial charge in [0, 0.05) is 29.7 Å². The molecule has 0 saturated heterocycles. The number of primary sulfonamides is 1. The van der Waals surface area contributed by atoms with Gasteiger partial charge in [0.05, 0.1) is 10.6 Å². The molecule has 172 valence electrons. The van der Waals surface area contributed by atoms with E-state index in [-0.39, 0.29) is 17.4 Å². The van der Waals surface area contributed by atoms with E-state index in [4.69, 9.17) is 9.88 Å². The quantitative estimate of drug-likeness (QED) is 0.481. The van der Waals surface area contributed by atoms with E-state index in [2.05, 4.69) is 20.6 Å². The monoisotopic (exact) mass is 468 g/mol. The van der Waals surface area contributed by atoms with Crippen LogP contribution in [0.25, 0.3) is 0 Å². The molecule has 0 bridgehead atoms. The zero-order chi connectivity index (χ0) is 23.6. The summed E-state index contributed by atoms with van der Waals surface area (Å²) in [7, 11) is -3.76. The summed E-state index contributed by atoms with van der Waals surface area (Å²) in [5, 5.41) is 11.5. The molecule has 4 rings (SSSR count). The number of hydrogen-bond donors (Lipinski definition) is 3. The first-order valence-electron chi connectivity index (χ1n) is 10.3. The first-order chi connectivity index (χ1) is 15.7. The molecule has 1 aliphatic rings. The molecule has 1 aliphatic heterocycles. The minimum atomic E-state index is -3.76. The highest BCUT2D eigenvalue weighted by Crippen LogP contribution is 2.35. The number of carbonyl (C=O) groups excluding carboxylic acids is 1. The van der Waals surface area contributed by atoms with E-state index < -0.39 is 10.0 Å². The van der Waals surface area contributed by atoms with Crippen LogP contribution in [0.5, 0.6) is 5.75 Å². The second-order valence-electron chi connectivity index (χ2n) is 7.56. The zero-order valence-electron chi connectivity index (χ0n) is 18.2. The van der Waals surface area contributed by atoms with Crippen LogP contribution < -0.4 is 25.4 Å². The van der Waals surface area contributed by atoms with Gasteiger partial charge in [-0.2, -0.15) is 4.98 Å². The first kappa shape index (κ1) is 22.5. The number of aryl methyl sites for hydroxylation is 1. The van der Waals surface area contributed by atoms with Crippen molar-refractivity contribution >= 4 is 44.8 Å². The van der Waals surface area contributed by atoms with Crippen molar-refractivity contribution in [3.8, 4) is 5.75 Å². The van der Waals surface area contributed by atoms with Crippen LogP contribution >= 0.6 is 0 Å². The van der Waals surface area contributed by atoms with E-state index in [0.717, 1.165) is 23.4 Å². The van der Waals surface area contributed by atoms with Crippen LogP contribution in [0.4, 0.5) is 28.8 Å². The summed E-state index contributed by atoms with van der Waals surface area (Å²) in [4.78, 5) is 22.8. The van der Waals surface area contributed by atoms with Gasteiger partial charge in [0.1, 0.15) is 11.6 Å². The maximum atomic E-state index is 12.3. The van der Waals surface area contributed by atoms with Crippen LogP contribution in [0.3, 0.4) is 0 Å². The van der Waals surface area contributed by atoms with Gasteiger partial charge in [-0.05, 0) is 55.8 Å². The molecule has 2 aromatic carbocycles. The number of hydrogen-bond acceptors (Lipinski definition) is 8. The zero-order valence-corrected chi connectivity index (χ0v) is 19.0. The second kappa shape index (κ2) is 9.04. The van der Waals surface area contributed by atoms with Gasteiger partial charge in [-0.25, -0.2) is 18.5 Å². The Bertz CT molecular complexity index is 1290. The number of ether oxygens (including phenoxy) is 1. The topological polar surface area (TPSA) is 140 Å². The number of nitrogens with one attached hydrogen (secondary N) is 2. The molecular formula is C22H24N6O4S. The molecule has 4 N–H and O–H groups in total. The lowest BCUT2D eigenvalue weighted by atomic mass is 10.2. The predicted molar refractivity (Wildman–Crippen MR) is 126 cm³/mol. The third-order valence-corrected chi connectivity index (χ3v) is 5.95. The highest BCUT2D eigenvalue weighted by Gasteiger charge is 2.25. The summed E-state index contributed by atoms with van der Waals surface area (Å²) >= 11 is 0. The van der Waals surface area contributed by atoms with Crippen molar-refractivity contribution in [2.45, 2.75) is 25.2 Å². The van der Waals surface area contributed by atoms with E-state index in [9.17, 15) is 13.2 Å². The number of aromatic nitrogens is 2. The smallest absolute Gasteiger partial charge is 0.265 e. The Morgan fingerprint density at radius 1 is 1.12 bits per heavy atom. The third-order valence-electron chi connectivity index (χ3n) is 5.02. The SMILES string of the molecule is CCCN1C(=O)COc2ccc(Nc3nc(Nc4ccc(S(N)(=O)=O)cc4)ncc3C)cc21. The van der Waals surface area contributed by atoms with Gasteiger partial charge in [-0.1, -0.05) is 6.92 Å². The van der Waals surface area contributed by atoms with Gasteiger partial charge in [-0.15, -0.1) is 0 Å². The van der Waals surface area contributed by atoms with E-state index in [0.29, 0.717) is 29.7 Å². The lowest BCUT2D eigenvalue weighted by molar-refractivity contribution is -0.121. The number of rotatable bonds is 7. The maximum absolute atomic E-state index is 12.3. The molecule has 0 atom stereocenters. The fourth-order valence-corrected chi connectivity index (χ4v) is 3.89. The number of fused-ring (bicyclic) bond motifs is 1. The second-order valence-corrected chi connectivity index (χ2v) is 9.12. The summed E-state index contributed by atoms with van der Waals surface area (Å²) in [6, 6.07) is 11.5. The van der Waals surface area contributed by atoms with Crippen LogP contribution in [-0.4, -0.2) is 37.4 Å². The minimum absolute atomic E-state index is 0.0206. The van der Waals surface area contributed by atoms with Crippen LogP contribution in [-0.2, 0) is 14.8 Å². The molecule has 0 saturated carbocycles. The Kier molecular flexibility index (Phi) is 6.16. The summed E-state index contributed by atoms with van der Waals surface area (Å²) in [6.45, 7) is 4.55. The molecule has 0 spiro atoms. The fourth-order valence-electron chi connectivity index (χ4n) is 3.37. The molecule has 0 radical (unpaired) electrons. The predicted octanol–water partition coefficient (Wildman–Crippen LogP) is 3.06. The number of nitrogens with two attached hydrogens (primary N) is 1. The molecule has 33 heavy (non-hydrogen) atoms. The number of benzene rings is 2. The normalized spacial score (nSPS) is 13.3. The van der Waals surface area contributed by atoms with Crippen molar-refractivity contribution < 1.29 is 17.9 Å². The van der Waals surface area contributed by atoms with Crippen molar-refractivity contribution in [2.24, 2.45) is 5.14 Å². The molecule has 1 amide bonds. The number of nitrogens with zero attached hydrogens (tertiary/aromatic N) is 3. The molecule has 0 unspecified atom stereocenters. The van der Waals surface area contributed by atoms with Gasteiger partial charge in [0.15, 0.2) is 6.61 Å². The van der Waals surface area contributed by atoms with Gasteiger partial charge in [0.2, 0.25) is 16.0 Å². The van der Waals surface area contributed by atoms with E-state index in [1.807, 2.05) is 32.0 Å². The number of amides is 1. The molecular weight excluding hydrogens is 444 g/mol. The van der Waals surface area contributed by atoms with Crippen molar-refractivity contribution in [3.63, 3.8) is 0 Å². The summed E-state index contributed by atoms with van der Waals surface area (Å²) in [5.74, 6) is 1.51. The van der Waals surface area contributed by atoms with Gasteiger partial charge < -0.3 is 20.3 Å². The van der Waals surface area contributed by atoms with E-state index >= 15 is 0 Å². The number of sulfonamides is 1. The Labute approximate surface area is 191 Å². The Morgan fingerprint density at radius 2 is 1.85 bits per heavy atom. The molecule has 0 aliphatic carbocycles. The van der Waals surface area contributed by atoms with Gasteiger partial charge in [0.25, 0.3) is 5.91 Å². The highest BCUT2D eigenvalue weighted by molar-refractivity contribution is 7.89.